The van der Waals surface area contributed by atoms with E-state index in [0.717, 1.165) is 62.6 Å². The lowest BCUT2D eigenvalue weighted by molar-refractivity contribution is -0.121. The van der Waals surface area contributed by atoms with Crippen LogP contribution in [0.3, 0.4) is 0 Å². The van der Waals surface area contributed by atoms with Gasteiger partial charge in [-0.25, -0.2) is 0 Å². The number of methoxy groups -OCH3 is 1. The Labute approximate surface area is 191 Å². The lowest BCUT2D eigenvalue weighted by Crippen LogP contribution is -2.47. The molecule has 6 heteroatoms. The van der Waals surface area contributed by atoms with Gasteiger partial charge in [0.25, 0.3) is 0 Å². The molecule has 1 N–H and O–H groups in total. The minimum Gasteiger partial charge on any atom is -0.497 e. The third-order valence-electron chi connectivity index (χ3n) is 6.59. The van der Waals surface area contributed by atoms with Crippen molar-refractivity contribution >= 4 is 17.3 Å². The number of aryl methyl sites for hydroxylation is 1. The second-order valence-corrected chi connectivity index (χ2v) is 9.14. The zero-order chi connectivity index (χ0) is 22.7. The number of amides is 1. The van der Waals surface area contributed by atoms with Crippen molar-refractivity contribution in [2.24, 2.45) is 5.92 Å². The number of rotatable bonds is 6. The van der Waals surface area contributed by atoms with Gasteiger partial charge in [-0.2, -0.15) is 0 Å². The van der Waals surface area contributed by atoms with E-state index < -0.39 is 6.10 Å². The number of β-amino-alcohol motifs (C(OH)–C–C–N with tert-alkyl or cyclic N) is 1. The van der Waals surface area contributed by atoms with Gasteiger partial charge < -0.3 is 19.6 Å². The highest BCUT2D eigenvalue weighted by Gasteiger charge is 2.26. The Morgan fingerprint density at radius 2 is 1.84 bits per heavy atom. The molecule has 0 spiro atoms. The monoisotopic (exact) mass is 437 g/mol. The van der Waals surface area contributed by atoms with Crippen LogP contribution in [0.15, 0.2) is 42.5 Å². The Hall–Kier alpha value is -2.57. The Morgan fingerprint density at radius 1 is 1.06 bits per heavy atom. The van der Waals surface area contributed by atoms with Crippen LogP contribution in [0.25, 0.3) is 0 Å². The van der Waals surface area contributed by atoms with Crippen LogP contribution in [0.4, 0.5) is 11.4 Å². The predicted octanol–water partition coefficient (Wildman–Crippen LogP) is 3.49. The highest BCUT2D eigenvalue weighted by atomic mass is 16.5. The summed E-state index contributed by atoms with van der Waals surface area (Å²) in [6.07, 6.45) is 1.40. The van der Waals surface area contributed by atoms with Gasteiger partial charge in [-0.15, -0.1) is 0 Å². The fraction of sp³-hybridized carbons (Fsp3) is 0.500. The van der Waals surface area contributed by atoms with Crippen LogP contribution < -0.4 is 14.5 Å². The second-order valence-electron chi connectivity index (χ2n) is 9.14. The number of benzene rings is 2. The molecule has 1 amide bonds. The topological polar surface area (TPSA) is 56.2 Å². The van der Waals surface area contributed by atoms with Gasteiger partial charge in [0.15, 0.2) is 0 Å². The average molecular weight is 438 g/mol. The summed E-state index contributed by atoms with van der Waals surface area (Å²) in [4.78, 5) is 19.2. The molecule has 2 heterocycles. The number of hydrogen-bond donors (Lipinski definition) is 1. The van der Waals surface area contributed by atoms with E-state index in [0.29, 0.717) is 6.54 Å². The minimum atomic E-state index is -0.528. The van der Waals surface area contributed by atoms with Crippen LogP contribution in [0, 0.1) is 5.92 Å². The SMILES string of the molecule is COc1cccc(N2CCN(CC(O)c3ccc4c(c3)CCCN4C(=O)C(C)C)CC2)c1. The number of carbonyl (C=O) groups excluding carboxylic acids is 1. The van der Waals surface area contributed by atoms with Crippen molar-refractivity contribution in [1.82, 2.24) is 4.90 Å². The third-order valence-corrected chi connectivity index (χ3v) is 6.59. The predicted molar refractivity (Wildman–Crippen MR) is 129 cm³/mol. The number of carbonyl (C=O) groups is 1. The summed E-state index contributed by atoms with van der Waals surface area (Å²) in [6, 6.07) is 14.3. The zero-order valence-electron chi connectivity index (χ0n) is 19.5. The number of ether oxygens (including phenoxy) is 1. The maximum absolute atomic E-state index is 12.6. The Kier molecular flexibility index (Phi) is 7.01. The molecule has 1 atom stereocenters. The third kappa shape index (κ3) is 4.92. The number of nitrogens with zero attached hydrogens (tertiary/aromatic N) is 3. The van der Waals surface area contributed by atoms with Gasteiger partial charge in [0, 0.05) is 62.6 Å². The van der Waals surface area contributed by atoms with E-state index in [1.54, 1.807) is 7.11 Å². The van der Waals surface area contributed by atoms with Crippen molar-refractivity contribution in [3.63, 3.8) is 0 Å². The molecule has 1 unspecified atom stereocenters. The highest BCUT2D eigenvalue weighted by Crippen LogP contribution is 2.31. The first-order valence-electron chi connectivity index (χ1n) is 11.7. The number of anilines is 2. The number of aliphatic hydroxyl groups excluding tert-OH is 1. The molecular formula is C26H35N3O3. The lowest BCUT2D eigenvalue weighted by atomic mass is 9.96. The number of piperazine rings is 1. The van der Waals surface area contributed by atoms with Crippen LogP contribution >= 0.6 is 0 Å². The molecule has 2 aliphatic heterocycles. The normalized spacial score (nSPS) is 17.9. The van der Waals surface area contributed by atoms with E-state index >= 15 is 0 Å². The van der Waals surface area contributed by atoms with Crippen molar-refractivity contribution in [2.75, 3.05) is 56.2 Å². The average Bonchev–Trinajstić information content (AvgIpc) is 2.83. The molecule has 1 saturated heterocycles. The van der Waals surface area contributed by atoms with E-state index in [9.17, 15) is 9.90 Å². The van der Waals surface area contributed by atoms with Crippen LogP contribution in [-0.4, -0.2) is 62.3 Å². The molecule has 2 aliphatic rings. The summed E-state index contributed by atoms with van der Waals surface area (Å²) in [7, 11) is 1.69. The van der Waals surface area contributed by atoms with Gasteiger partial charge in [-0.05, 0) is 42.2 Å². The van der Waals surface area contributed by atoms with E-state index in [4.69, 9.17) is 4.74 Å². The van der Waals surface area contributed by atoms with Crippen molar-refractivity contribution in [3.8, 4) is 5.75 Å². The van der Waals surface area contributed by atoms with Crippen molar-refractivity contribution < 1.29 is 14.6 Å². The standard InChI is InChI=1S/C26H35N3O3/c1-19(2)26(31)29-11-5-6-20-16-21(9-10-24(20)29)25(30)18-27-12-14-28(15-13-27)22-7-4-8-23(17-22)32-3/h4,7-10,16-17,19,25,30H,5-6,11-15,18H2,1-3H3. The second kappa shape index (κ2) is 9.92. The zero-order valence-corrected chi connectivity index (χ0v) is 19.5. The summed E-state index contributed by atoms with van der Waals surface area (Å²) in [5, 5.41) is 10.9. The van der Waals surface area contributed by atoms with E-state index in [2.05, 4.69) is 28.0 Å². The Bertz CT molecular complexity index is 938. The number of aliphatic hydroxyl groups is 1. The highest BCUT2D eigenvalue weighted by molar-refractivity contribution is 5.95. The molecule has 172 valence electrons. The first-order chi connectivity index (χ1) is 15.5. The molecule has 0 aromatic heterocycles. The maximum Gasteiger partial charge on any atom is 0.229 e. The van der Waals surface area contributed by atoms with Gasteiger partial charge in [0.05, 0.1) is 13.2 Å². The molecule has 0 saturated carbocycles. The Morgan fingerprint density at radius 3 is 2.56 bits per heavy atom. The van der Waals surface area contributed by atoms with Crippen molar-refractivity contribution in [2.45, 2.75) is 32.8 Å². The van der Waals surface area contributed by atoms with Crippen LogP contribution in [0.1, 0.15) is 37.5 Å². The number of fused-ring (bicyclic) bond motifs is 1. The molecule has 32 heavy (non-hydrogen) atoms. The van der Waals surface area contributed by atoms with E-state index in [-0.39, 0.29) is 11.8 Å². The summed E-state index contributed by atoms with van der Waals surface area (Å²) in [6.45, 7) is 8.98. The fourth-order valence-corrected chi connectivity index (χ4v) is 4.71. The molecule has 6 nitrogen and oxygen atoms in total. The van der Waals surface area contributed by atoms with Crippen LogP contribution in [0.2, 0.25) is 0 Å². The van der Waals surface area contributed by atoms with E-state index in [1.807, 2.05) is 43.0 Å². The quantitative estimate of drug-likeness (QED) is 0.750. The first kappa shape index (κ1) is 22.6. The van der Waals surface area contributed by atoms with Gasteiger partial charge in [-0.1, -0.05) is 32.0 Å². The van der Waals surface area contributed by atoms with E-state index in [1.165, 1.54) is 11.3 Å². The minimum absolute atomic E-state index is 0.0122. The summed E-state index contributed by atoms with van der Waals surface area (Å²) in [5.74, 6) is 1.04. The molecular weight excluding hydrogens is 402 g/mol. The molecule has 0 bridgehead atoms. The summed E-state index contributed by atoms with van der Waals surface area (Å²) < 4.78 is 5.35. The smallest absolute Gasteiger partial charge is 0.229 e. The largest absolute Gasteiger partial charge is 0.497 e. The van der Waals surface area contributed by atoms with Gasteiger partial charge in [-0.3, -0.25) is 9.69 Å². The van der Waals surface area contributed by atoms with Gasteiger partial charge >= 0.3 is 0 Å². The Balaban J connectivity index is 1.36. The molecule has 2 aromatic rings. The van der Waals surface area contributed by atoms with Crippen molar-refractivity contribution in [3.05, 3.63) is 53.6 Å². The molecule has 0 radical (unpaired) electrons. The molecule has 4 rings (SSSR count). The van der Waals surface area contributed by atoms with Gasteiger partial charge in [0.1, 0.15) is 5.75 Å². The van der Waals surface area contributed by atoms with Gasteiger partial charge in [0.2, 0.25) is 5.91 Å². The van der Waals surface area contributed by atoms with Crippen LogP contribution in [-0.2, 0) is 11.2 Å². The van der Waals surface area contributed by atoms with Crippen LogP contribution in [0.5, 0.6) is 5.75 Å². The maximum atomic E-state index is 12.6. The van der Waals surface area contributed by atoms with Crippen molar-refractivity contribution in [1.29, 1.82) is 0 Å². The molecule has 2 aromatic carbocycles. The molecule has 0 aliphatic carbocycles. The molecule has 1 fully saturated rings. The number of hydrogen-bond acceptors (Lipinski definition) is 5. The fourth-order valence-electron chi connectivity index (χ4n) is 4.71. The summed E-state index contributed by atoms with van der Waals surface area (Å²) >= 11 is 0. The summed E-state index contributed by atoms with van der Waals surface area (Å²) in [5.41, 5.74) is 4.31. The first-order valence-corrected chi connectivity index (χ1v) is 11.7. The lowest BCUT2D eigenvalue weighted by Gasteiger charge is -2.37.